The number of hydrogen-bond donors (Lipinski definition) is 0. The average molecular weight is 262 g/mol. The average Bonchev–Trinajstić information content (AvgIpc) is 2.91. The van der Waals surface area contributed by atoms with E-state index in [2.05, 4.69) is 0 Å². The molecule has 0 atom stereocenters. The summed E-state index contributed by atoms with van der Waals surface area (Å²) in [6.45, 7) is 1.13. The summed E-state index contributed by atoms with van der Waals surface area (Å²) in [5, 5.41) is 0. The zero-order valence-corrected chi connectivity index (χ0v) is 10.8. The second kappa shape index (κ2) is 3.43. The van der Waals surface area contributed by atoms with E-state index < -0.39 is 11.6 Å². The zero-order chi connectivity index (χ0) is 13.3. The van der Waals surface area contributed by atoms with Crippen LogP contribution in [0.25, 0.3) is 0 Å². The fraction of sp³-hybridized carbons (Fsp3) is 0.500. The first kappa shape index (κ1) is 11.5. The lowest BCUT2D eigenvalue weighted by Gasteiger charge is -2.47. The van der Waals surface area contributed by atoms with Gasteiger partial charge in [0.05, 0.1) is 13.2 Å². The van der Waals surface area contributed by atoms with Gasteiger partial charge in [-0.1, -0.05) is 12.1 Å². The molecule has 1 aromatic carbocycles. The monoisotopic (exact) mass is 262 g/mol. The standard InChI is InChI=1S/C14H14O5/c1-16-14(17-2)9-4-3-8-7-13(18-5-6-19-13)11(8)10(9)12(14)15/h3-4H,5-7H2,1-2H3. The van der Waals surface area contributed by atoms with Crippen molar-refractivity contribution in [3.8, 4) is 0 Å². The smallest absolute Gasteiger partial charge is 0.261 e. The largest absolute Gasteiger partial charge is 0.343 e. The van der Waals surface area contributed by atoms with Crippen molar-refractivity contribution in [1.82, 2.24) is 0 Å². The van der Waals surface area contributed by atoms with Crippen LogP contribution in [0.3, 0.4) is 0 Å². The van der Waals surface area contributed by atoms with Crippen LogP contribution in [-0.4, -0.2) is 33.2 Å². The van der Waals surface area contributed by atoms with E-state index in [9.17, 15) is 4.79 Å². The Hall–Kier alpha value is -1.27. The van der Waals surface area contributed by atoms with Crippen LogP contribution in [-0.2, 0) is 36.9 Å². The molecule has 0 radical (unpaired) electrons. The van der Waals surface area contributed by atoms with Gasteiger partial charge in [-0.15, -0.1) is 0 Å². The van der Waals surface area contributed by atoms with Gasteiger partial charge in [-0.2, -0.15) is 0 Å². The lowest BCUT2D eigenvalue weighted by atomic mass is 9.68. The van der Waals surface area contributed by atoms with Gasteiger partial charge in [0, 0.05) is 37.3 Å². The molecule has 19 heavy (non-hydrogen) atoms. The van der Waals surface area contributed by atoms with Crippen LogP contribution in [0.1, 0.15) is 27.0 Å². The Balaban J connectivity index is 1.89. The second-order valence-corrected chi connectivity index (χ2v) is 5.00. The Bertz CT molecular complexity index is 582. The molecule has 0 saturated carbocycles. The summed E-state index contributed by atoms with van der Waals surface area (Å²) in [4.78, 5) is 12.4. The number of Topliss-reactive ketones (excluding diaryl/α,β-unsaturated/α-hetero) is 1. The number of methoxy groups -OCH3 is 2. The third-order valence-electron chi connectivity index (χ3n) is 4.30. The van der Waals surface area contributed by atoms with Crippen molar-refractivity contribution in [3.63, 3.8) is 0 Å². The predicted octanol–water partition coefficient (Wildman–Crippen LogP) is 1.08. The van der Waals surface area contributed by atoms with Gasteiger partial charge in [0.25, 0.3) is 5.79 Å². The van der Waals surface area contributed by atoms with Crippen LogP contribution < -0.4 is 0 Å². The normalized spacial score (nSPS) is 24.6. The highest BCUT2D eigenvalue weighted by atomic mass is 16.7. The number of benzene rings is 1. The molecule has 1 aliphatic heterocycles. The van der Waals surface area contributed by atoms with Crippen molar-refractivity contribution in [2.45, 2.75) is 18.0 Å². The molecule has 0 N–H and O–H groups in total. The first-order valence-corrected chi connectivity index (χ1v) is 6.28. The highest BCUT2D eigenvalue weighted by Crippen LogP contribution is 2.54. The highest BCUT2D eigenvalue weighted by Gasteiger charge is 2.61. The van der Waals surface area contributed by atoms with Gasteiger partial charge in [0.2, 0.25) is 5.78 Å². The van der Waals surface area contributed by atoms with Crippen LogP contribution in [0.2, 0.25) is 0 Å². The summed E-state index contributed by atoms with van der Waals surface area (Å²) in [5.74, 6) is -2.11. The lowest BCUT2D eigenvalue weighted by molar-refractivity contribution is -0.196. The van der Waals surface area contributed by atoms with Crippen LogP contribution in [0.15, 0.2) is 12.1 Å². The highest BCUT2D eigenvalue weighted by molar-refractivity contribution is 6.13. The summed E-state index contributed by atoms with van der Waals surface area (Å²) in [7, 11) is 2.95. The topological polar surface area (TPSA) is 54.0 Å². The molecule has 4 rings (SSSR count). The number of carbonyl (C=O) groups excluding carboxylic acids is 1. The maximum absolute atomic E-state index is 12.4. The molecular weight excluding hydrogens is 248 g/mol. The second-order valence-electron chi connectivity index (χ2n) is 5.00. The number of ether oxygens (including phenoxy) is 4. The van der Waals surface area contributed by atoms with Crippen LogP contribution in [0.5, 0.6) is 0 Å². The van der Waals surface area contributed by atoms with Gasteiger partial charge >= 0.3 is 0 Å². The molecule has 2 aliphatic carbocycles. The Morgan fingerprint density at radius 2 is 1.84 bits per heavy atom. The van der Waals surface area contributed by atoms with E-state index in [0.717, 1.165) is 16.7 Å². The minimum Gasteiger partial charge on any atom is -0.343 e. The molecule has 100 valence electrons. The van der Waals surface area contributed by atoms with Gasteiger partial charge < -0.3 is 18.9 Å². The molecule has 0 bridgehead atoms. The van der Waals surface area contributed by atoms with E-state index in [-0.39, 0.29) is 5.78 Å². The van der Waals surface area contributed by atoms with E-state index >= 15 is 0 Å². The van der Waals surface area contributed by atoms with Crippen LogP contribution in [0.4, 0.5) is 0 Å². The van der Waals surface area contributed by atoms with Crippen molar-refractivity contribution in [1.29, 1.82) is 0 Å². The molecule has 1 spiro atoms. The van der Waals surface area contributed by atoms with E-state index in [4.69, 9.17) is 18.9 Å². The minimum absolute atomic E-state index is 0.150. The molecule has 0 amide bonds. The Labute approximate surface area is 110 Å². The molecule has 5 heteroatoms. The molecule has 0 aromatic heterocycles. The SMILES string of the molecule is COC1(OC)C(=O)c2c1ccc1c2C2(C1)OCCO2. The maximum Gasteiger partial charge on any atom is 0.261 e. The van der Waals surface area contributed by atoms with Gasteiger partial charge in [0.15, 0.2) is 5.79 Å². The van der Waals surface area contributed by atoms with Crippen molar-refractivity contribution in [2.24, 2.45) is 0 Å². The predicted molar refractivity (Wildman–Crippen MR) is 63.8 cm³/mol. The molecule has 0 unspecified atom stereocenters. The van der Waals surface area contributed by atoms with E-state index in [1.54, 1.807) is 0 Å². The molecule has 1 heterocycles. The lowest BCUT2D eigenvalue weighted by Crippen LogP contribution is -2.54. The number of fused-ring (bicyclic) bond motifs is 4. The fourth-order valence-corrected chi connectivity index (χ4v) is 3.38. The zero-order valence-electron chi connectivity index (χ0n) is 10.8. The third-order valence-corrected chi connectivity index (χ3v) is 4.30. The Morgan fingerprint density at radius 3 is 2.47 bits per heavy atom. The number of carbonyl (C=O) groups is 1. The summed E-state index contributed by atoms with van der Waals surface area (Å²) in [5.41, 5.74) is 3.39. The Morgan fingerprint density at radius 1 is 1.16 bits per heavy atom. The van der Waals surface area contributed by atoms with Crippen molar-refractivity contribution in [2.75, 3.05) is 27.4 Å². The first-order chi connectivity index (χ1) is 9.18. The molecule has 1 saturated heterocycles. The third kappa shape index (κ3) is 1.09. The van der Waals surface area contributed by atoms with E-state index in [0.29, 0.717) is 25.2 Å². The van der Waals surface area contributed by atoms with Crippen molar-refractivity contribution >= 4 is 5.78 Å². The Kier molecular flexibility index (Phi) is 2.09. The molecule has 1 fully saturated rings. The number of hydrogen-bond acceptors (Lipinski definition) is 5. The number of rotatable bonds is 2. The summed E-state index contributed by atoms with van der Waals surface area (Å²) >= 11 is 0. The van der Waals surface area contributed by atoms with Gasteiger partial charge in [-0.3, -0.25) is 4.79 Å². The quantitative estimate of drug-likeness (QED) is 0.747. The molecule has 1 aromatic rings. The summed E-state index contributed by atoms with van der Waals surface area (Å²) in [6, 6.07) is 3.88. The molecular formula is C14H14O5. The van der Waals surface area contributed by atoms with Crippen molar-refractivity contribution in [3.05, 3.63) is 34.4 Å². The fourth-order valence-electron chi connectivity index (χ4n) is 3.38. The maximum atomic E-state index is 12.4. The van der Waals surface area contributed by atoms with Crippen molar-refractivity contribution < 1.29 is 23.7 Å². The van der Waals surface area contributed by atoms with Crippen LogP contribution >= 0.6 is 0 Å². The van der Waals surface area contributed by atoms with Crippen LogP contribution in [0, 0.1) is 0 Å². The van der Waals surface area contributed by atoms with Gasteiger partial charge in [-0.05, 0) is 5.56 Å². The van der Waals surface area contributed by atoms with E-state index in [1.807, 2.05) is 12.1 Å². The molecule has 5 nitrogen and oxygen atoms in total. The van der Waals surface area contributed by atoms with Gasteiger partial charge in [-0.25, -0.2) is 0 Å². The first-order valence-electron chi connectivity index (χ1n) is 6.28. The summed E-state index contributed by atoms with van der Waals surface area (Å²) < 4.78 is 22.0. The molecule has 3 aliphatic rings. The van der Waals surface area contributed by atoms with Gasteiger partial charge in [0.1, 0.15) is 0 Å². The number of ketones is 1. The van der Waals surface area contributed by atoms with E-state index in [1.165, 1.54) is 14.2 Å². The minimum atomic E-state index is -1.25. The summed E-state index contributed by atoms with van der Waals surface area (Å²) in [6.07, 6.45) is 0.704.